The average molecular weight is 361 g/mol. The van der Waals surface area contributed by atoms with Crippen molar-refractivity contribution in [2.24, 2.45) is 5.73 Å². The van der Waals surface area contributed by atoms with Crippen molar-refractivity contribution in [3.05, 3.63) is 58.6 Å². The minimum Gasteiger partial charge on any atom is -0.486 e. The summed E-state index contributed by atoms with van der Waals surface area (Å²) < 4.78 is 11.1. The van der Waals surface area contributed by atoms with Gasteiger partial charge in [0.25, 0.3) is 0 Å². The van der Waals surface area contributed by atoms with Crippen molar-refractivity contribution in [3.8, 4) is 11.5 Å². The average Bonchev–Trinajstić information content (AvgIpc) is 2.62. The molecule has 3 rings (SSSR count). The zero-order valence-corrected chi connectivity index (χ0v) is 14.8. The first-order valence-corrected chi connectivity index (χ1v) is 8.57. The Labute approximate surface area is 152 Å². The zero-order chi connectivity index (χ0) is 17.9. The summed E-state index contributed by atoms with van der Waals surface area (Å²) in [4.78, 5) is 12.4. The Morgan fingerprint density at radius 3 is 2.72 bits per heavy atom. The van der Waals surface area contributed by atoms with Crippen molar-refractivity contribution in [2.45, 2.75) is 18.9 Å². The van der Waals surface area contributed by atoms with Gasteiger partial charge in [-0.25, -0.2) is 0 Å². The fourth-order valence-corrected chi connectivity index (χ4v) is 3.02. The van der Waals surface area contributed by atoms with E-state index in [0.717, 1.165) is 11.1 Å². The third-order valence-electron chi connectivity index (χ3n) is 4.20. The van der Waals surface area contributed by atoms with E-state index in [4.69, 9.17) is 26.8 Å². The number of ether oxygens (including phenoxy) is 2. The molecule has 1 amide bonds. The van der Waals surface area contributed by atoms with Crippen molar-refractivity contribution in [3.63, 3.8) is 0 Å². The van der Waals surface area contributed by atoms with Gasteiger partial charge in [-0.15, -0.1) is 0 Å². The molecular formula is C19H21ClN2O3. The lowest BCUT2D eigenvalue weighted by Gasteiger charge is -2.24. The second kappa shape index (κ2) is 7.33. The number of fused-ring (bicyclic) bond motifs is 1. The molecule has 2 aromatic rings. The van der Waals surface area contributed by atoms with Crippen molar-refractivity contribution >= 4 is 17.5 Å². The SMILES string of the molecule is CC(N)(C(=O)NCCc1cc(Cl)c2c(c1)OCCO2)c1ccccc1. The Morgan fingerprint density at radius 2 is 1.96 bits per heavy atom. The maximum Gasteiger partial charge on any atom is 0.244 e. The summed E-state index contributed by atoms with van der Waals surface area (Å²) in [6, 6.07) is 13.0. The van der Waals surface area contributed by atoms with E-state index in [1.807, 2.05) is 42.5 Å². The van der Waals surface area contributed by atoms with E-state index in [9.17, 15) is 4.79 Å². The quantitative estimate of drug-likeness (QED) is 0.859. The van der Waals surface area contributed by atoms with Crippen LogP contribution in [0.25, 0.3) is 0 Å². The highest BCUT2D eigenvalue weighted by atomic mass is 35.5. The number of carbonyl (C=O) groups excluding carboxylic acids is 1. The smallest absolute Gasteiger partial charge is 0.244 e. The highest BCUT2D eigenvalue weighted by Gasteiger charge is 2.29. The maximum atomic E-state index is 12.4. The molecule has 0 radical (unpaired) electrons. The minimum atomic E-state index is -1.08. The monoisotopic (exact) mass is 360 g/mol. The van der Waals surface area contributed by atoms with Crippen LogP contribution >= 0.6 is 11.6 Å². The predicted octanol–water partition coefficient (Wildman–Crippen LogP) is 2.64. The van der Waals surface area contributed by atoms with E-state index >= 15 is 0 Å². The number of rotatable bonds is 5. The summed E-state index contributed by atoms with van der Waals surface area (Å²) in [5.41, 5.74) is 6.87. The Bertz CT molecular complexity index is 763. The molecule has 3 N–H and O–H groups in total. The molecule has 0 saturated carbocycles. The molecular weight excluding hydrogens is 340 g/mol. The van der Waals surface area contributed by atoms with Crippen LogP contribution in [0.5, 0.6) is 11.5 Å². The van der Waals surface area contributed by atoms with Gasteiger partial charge in [-0.05, 0) is 36.6 Å². The van der Waals surface area contributed by atoms with Gasteiger partial charge in [0.2, 0.25) is 5.91 Å². The summed E-state index contributed by atoms with van der Waals surface area (Å²) in [5.74, 6) is 1.01. The number of carbonyl (C=O) groups is 1. The summed E-state index contributed by atoms with van der Waals surface area (Å²) in [5, 5.41) is 3.41. The minimum absolute atomic E-state index is 0.220. The first kappa shape index (κ1) is 17.6. The number of benzene rings is 2. The first-order chi connectivity index (χ1) is 12.0. The number of halogens is 1. The van der Waals surface area contributed by atoms with Crippen molar-refractivity contribution in [1.82, 2.24) is 5.32 Å². The lowest BCUT2D eigenvalue weighted by molar-refractivity contribution is -0.126. The molecule has 1 atom stereocenters. The molecule has 1 aliphatic heterocycles. The highest BCUT2D eigenvalue weighted by Crippen LogP contribution is 2.38. The van der Waals surface area contributed by atoms with Gasteiger partial charge in [-0.1, -0.05) is 41.9 Å². The van der Waals surface area contributed by atoms with Crippen LogP contribution in [-0.4, -0.2) is 25.7 Å². The topological polar surface area (TPSA) is 73.6 Å². The van der Waals surface area contributed by atoms with Crippen LogP contribution < -0.4 is 20.5 Å². The molecule has 0 bridgehead atoms. The van der Waals surface area contributed by atoms with Gasteiger partial charge in [0.15, 0.2) is 11.5 Å². The Morgan fingerprint density at radius 1 is 1.24 bits per heavy atom. The van der Waals surface area contributed by atoms with Crippen LogP contribution in [0.15, 0.2) is 42.5 Å². The third-order valence-corrected chi connectivity index (χ3v) is 4.48. The first-order valence-electron chi connectivity index (χ1n) is 8.19. The molecule has 1 unspecified atom stereocenters. The van der Waals surface area contributed by atoms with Gasteiger partial charge in [-0.2, -0.15) is 0 Å². The van der Waals surface area contributed by atoms with Crippen LogP contribution in [-0.2, 0) is 16.8 Å². The van der Waals surface area contributed by atoms with Gasteiger partial charge in [-0.3, -0.25) is 4.79 Å². The second-order valence-electron chi connectivity index (χ2n) is 6.18. The molecule has 0 aliphatic carbocycles. The molecule has 6 heteroatoms. The number of nitrogens with one attached hydrogen (secondary N) is 1. The lowest BCUT2D eigenvalue weighted by Crippen LogP contribution is -2.49. The molecule has 25 heavy (non-hydrogen) atoms. The summed E-state index contributed by atoms with van der Waals surface area (Å²) in [6.45, 7) is 3.16. The van der Waals surface area contributed by atoms with Gasteiger partial charge >= 0.3 is 0 Å². The molecule has 1 aliphatic rings. The van der Waals surface area contributed by atoms with Crippen LogP contribution in [0.4, 0.5) is 0 Å². The molecule has 0 saturated heterocycles. The summed E-state index contributed by atoms with van der Waals surface area (Å²) in [7, 11) is 0. The van der Waals surface area contributed by atoms with Crippen LogP contribution in [0.1, 0.15) is 18.1 Å². The molecule has 0 spiro atoms. The Kier molecular flexibility index (Phi) is 5.16. The molecule has 1 heterocycles. The van der Waals surface area contributed by atoms with Crippen LogP contribution in [0.3, 0.4) is 0 Å². The van der Waals surface area contributed by atoms with Crippen LogP contribution in [0, 0.1) is 0 Å². The zero-order valence-electron chi connectivity index (χ0n) is 14.0. The molecule has 5 nitrogen and oxygen atoms in total. The molecule has 0 fully saturated rings. The van der Waals surface area contributed by atoms with Gasteiger partial charge in [0.1, 0.15) is 18.8 Å². The number of hydrogen-bond acceptors (Lipinski definition) is 4. The fraction of sp³-hybridized carbons (Fsp3) is 0.316. The standard InChI is InChI=1S/C19H21ClN2O3/c1-19(21,14-5-3-2-4-6-14)18(23)22-8-7-13-11-15(20)17-16(12-13)24-9-10-25-17/h2-6,11-12H,7-10,21H2,1H3,(H,22,23). The third kappa shape index (κ3) is 3.89. The fourth-order valence-electron chi connectivity index (χ4n) is 2.73. The Balaban J connectivity index is 1.61. The van der Waals surface area contributed by atoms with Crippen molar-refractivity contribution in [1.29, 1.82) is 0 Å². The Hall–Kier alpha value is -2.24. The number of hydrogen-bond donors (Lipinski definition) is 2. The summed E-state index contributed by atoms with van der Waals surface area (Å²) in [6.07, 6.45) is 0.618. The largest absolute Gasteiger partial charge is 0.486 e. The summed E-state index contributed by atoms with van der Waals surface area (Å²) >= 11 is 6.23. The van der Waals surface area contributed by atoms with E-state index in [1.165, 1.54) is 0 Å². The van der Waals surface area contributed by atoms with Gasteiger partial charge < -0.3 is 20.5 Å². The van der Waals surface area contributed by atoms with Crippen molar-refractivity contribution in [2.75, 3.05) is 19.8 Å². The molecule has 2 aromatic carbocycles. The van der Waals surface area contributed by atoms with Gasteiger partial charge in [0, 0.05) is 6.54 Å². The van der Waals surface area contributed by atoms with E-state index in [2.05, 4.69) is 5.32 Å². The lowest BCUT2D eigenvalue weighted by atomic mass is 9.92. The number of amides is 1. The second-order valence-corrected chi connectivity index (χ2v) is 6.58. The normalized spacial score (nSPS) is 15.3. The van der Waals surface area contributed by atoms with Crippen LogP contribution in [0.2, 0.25) is 5.02 Å². The predicted molar refractivity (Wildman–Crippen MR) is 97.1 cm³/mol. The molecule has 0 aromatic heterocycles. The van der Waals surface area contributed by atoms with Crippen molar-refractivity contribution < 1.29 is 14.3 Å². The molecule has 132 valence electrons. The number of nitrogens with two attached hydrogens (primary N) is 1. The van der Waals surface area contributed by atoms with E-state index in [0.29, 0.717) is 42.7 Å². The van der Waals surface area contributed by atoms with E-state index < -0.39 is 5.54 Å². The van der Waals surface area contributed by atoms with E-state index in [1.54, 1.807) is 6.92 Å². The van der Waals surface area contributed by atoms with Gasteiger partial charge in [0.05, 0.1) is 5.02 Å². The highest BCUT2D eigenvalue weighted by molar-refractivity contribution is 6.32. The van der Waals surface area contributed by atoms with E-state index in [-0.39, 0.29) is 5.91 Å². The maximum absolute atomic E-state index is 12.4.